The molecule has 1 aliphatic rings. The van der Waals surface area contributed by atoms with E-state index in [4.69, 9.17) is 0 Å². The number of rotatable bonds is 0. The molecule has 0 radical (unpaired) electrons. The Kier molecular flexibility index (Phi) is 1.61. The lowest BCUT2D eigenvalue weighted by atomic mass is 10.5. The molecule has 0 atom stereocenters. The first kappa shape index (κ1) is 6.41. The van der Waals surface area contributed by atoms with E-state index in [1.807, 2.05) is 0 Å². The van der Waals surface area contributed by atoms with Gasteiger partial charge in [-0.2, -0.15) is 0 Å². The van der Waals surface area contributed by atoms with Gasteiger partial charge in [-0.15, -0.1) is 0 Å². The molecule has 2 amide bonds. The number of amides is 2. The zero-order valence-corrected chi connectivity index (χ0v) is 5.93. The molecule has 0 spiro atoms. The van der Waals surface area contributed by atoms with Gasteiger partial charge in [-0.25, -0.2) is 0 Å². The van der Waals surface area contributed by atoms with Gasteiger partial charge < -0.3 is 0 Å². The fourth-order valence-corrected chi connectivity index (χ4v) is 0.655. The Labute approximate surface area is 59.5 Å². The molecular weight excluding hydrogens is 188 g/mol. The van der Waals surface area contributed by atoms with Crippen LogP contribution >= 0.6 is 15.9 Å². The normalized spacial score (nSPS) is 19.0. The Balaban J connectivity index is 2.79. The van der Waals surface area contributed by atoms with Gasteiger partial charge in [-0.05, 0) is 15.9 Å². The van der Waals surface area contributed by atoms with E-state index < -0.39 is 5.91 Å². The summed E-state index contributed by atoms with van der Waals surface area (Å²) in [5.41, 5.74) is 0. The van der Waals surface area contributed by atoms with Crippen molar-refractivity contribution >= 4 is 32.4 Å². The first-order valence-corrected chi connectivity index (χ1v) is 3.03. The molecule has 1 rings (SSSR count). The summed E-state index contributed by atoms with van der Waals surface area (Å²) in [4.78, 5) is 24.4. The van der Waals surface area contributed by atoms with E-state index in [1.165, 1.54) is 0 Å². The minimum atomic E-state index is -0.466. The average Bonchev–Trinajstić information content (AvgIpc) is 1.80. The first-order valence-electron chi connectivity index (χ1n) is 2.24. The maximum atomic E-state index is 10.5. The average molecular weight is 191 g/mol. The predicted molar refractivity (Wildman–Crippen MR) is 34.4 cm³/mol. The highest BCUT2D eigenvalue weighted by molar-refractivity contribution is 9.19. The molecule has 0 aromatic rings. The second-order valence-corrected chi connectivity index (χ2v) is 2.24. The minimum absolute atomic E-state index is 0.0341. The van der Waals surface area contributed by atoms with E-state index in [9.17, 15) is 9.59 Å². The third kappa shape index (κ3) is 1.35. The lowest BCUT2D eigenvalue weighted by Gasteiger charge is -2.04. The highest BCUT2D eigenvalue weighted by Gasteiger charge is 2.16. The third-order valence-corrected chi connectivity index (χ3v) is 1.41. The van der Waals surface area contributed by atoms with Gasteiger partial charge in [0.25, 0.3) is 5.91 Å². The smallest absolute Gasteiger partial charge is 0.283 e. The van der Waals surface area contributed by atoms with Gasteiger partial charge in [-0.3, -0.25) is 19.9 Å². The molecule has 0 bridgehead atoms. The van der Waals surface area contributed by atoms with Crippen LogP contribution in [0.1, 0.15) is 0 Å². The minimum Gasteiger partial charge on any atom is -0.289 e. The van der Waals surface area contributed by atoms with E-state index in [0.29, 0.717) is 0 Å². The van der Waals surface area contributed by atoms with E-state index in [1.54, 1.807) is 0 Å². The van der Waals surface area contributed by atoms with Crippen molar-refractivity contribution in [2.45, 2.75) is 0 Å². The summed E-state index contributed by atoms with van der Waals surface area (Å²) >= 11 is 2.87. The zero-order chi connectivity index (χ0) is 6.85. The van der Waals surface area contributed by atoms with Crippen LogP contribution in [-0.2, 0) is 9.59 Å². The second-order valence-electron chi connectivity index (χ2n) is 1.48. The summed E-state index contributed by atoms with van der Waals surface area (Å²) in [5, 5.41) is 2.07. The van der Waals surface area contributed by atoms with Crippen LogP contribution in [0.5, 0.6) is 0 Å². The first-order chi connectivity index (χ1) is 4.20. The van der Waals surface area contributed by atoms with Crippen molar-refractivity contribution in [2.24, 2.45) is 4.99 Å². The fourth-order valence-electron chi connectivity index (χ4n) is 0.431. The Morgan fingerprint density at radius 2 is 2.22 bits per heavy atom. The number of aliphatic imine (C=N–C) groups is 1. The van der Waals surface area contributed by atoms with Gasteiger partial charge in [0.05, 0.1) is 0 Å². The number of hydrogen-bond acceptors (Lipinski definition) is 3. The Hall–Kier alpha value is -0.710. The lowest BCUT2D eigenvalue weighted by molar-refractivity contribution is -0.126. The molecule has 0 aliphatic carbocycles. The molecule has 1 aliphatic heterocycles. The SMILES string of the molecule is O=C1CN=C(Br)C(=O)N1. The lowest BCUT2D eigenvalue weighted by Crippen LogP contribution is -2.39. The second kappa shape index (κ2) is 2.26. The largest absolute Gasteiger partial charge is 0.289 e. The molecule has 1 N–H and O–H groups in total. The van der Waals surface area contributed by atoms with Gasteiger partial charge in [-0.1, -0.05) is 0 Å². The number of hydrogen-bond donors (Lipinski definition) is 1. The van der Waals surface area contributed by atoms with Crippen molar-refractivity contribution in [3.63, 3.8) is 0 Å². The monoisotopic (exact) mass is 190 g/mol. The number of nitrogens with zero attached hydrogens (tertiary/aromatic N) is 1. The van der Waals surface area contributed by atoms with E-state index in [2.05, 4.69) is 26.2 Å². The maximum absolute atomic E-state index is 10.5. The molecule has 0 aromatic heterocycles. The van der Waals surface area contributed by atoms with Crippen LogP contribution in [-0.4, -0.2) is 23.0 Å². The van der Waals surface area contributed by atoms with Gasteiger partial charge >= 0.3 is 0 Å². The summed E-state index contributed by atoms with van der Waals surface area (Å²) in [7, 11) is 0. The van der Waals surface area contributed by atoms with Crippen LogP contribution in [0.3, 0.4) is 0 Å². The van der Waals surface area contributed by atoms with Crippen LogP contribution in [0.2, 0.25) is 0 Å². The molecule has 0 unspecified atom stereocenters. The van der Waals surface area contributed by atoms with E-state index in [-0.39, 0.29) is 17.1 Å². The van der Waals surface area contributed by atoms with Crippen molar-refractivity contribution in [3.05, 3.63) is 0 Å². The van der Waals surface area contributed by atoms with Gasteiger partial charge in [0, 0.05) is 0 Å². The van der Waals surface area contributed by atoms with Crippen LogP contribution in [0, 0.1) is 0 Å². The Bertz CT molecular complexity index is 199. The molecule has 4 nitrogen and oxygen atoms in total. The predicted octanol–water partition coefficient (Wildman–Crippen LogP) is -0.564. The molecule has 9 heavy (non-hydrogen) atoms. The number of nitrogens with one attached hydrogen (secondary N) is 1. The van der Waals surface area contributed by atoms with Crippen LogP contribution in [0.25, 0.3) is 0 Å². The third-order valence-electron chi connectivity index (χ3n) is 0.802. The summed E-state index contributed by atoms with van der Waals surface area (Å²) < 4.78 is 0.183. The molecule has 1 heterocycles. The molecule has 5 heteroatoms. The highest BCUT2D eigenvalue weighted by atomic mass is 79.9. The zero-order valence-electron chi connectivity index (χ0n) is 4.35. The summed E-state index contributed by atoms with van der Waals surface area (Å²) in [6.07, 6.45) is 0. The fraction of sp³-hybridized carbons (Fsp3) is 0.250. The van der Waals surface area contributed by atoms with Crippen molar-refractivity contribution in [2.75, 3.05) is 6.54 Å². The van der Waals surface area contributed by atoms with E-state index >= 15 is 0 Å². The number of carbonyl (C=O) groups is 2. The van der Waals surface area contributed by atoms with Crippen LogP contribution in [0.4, 0.5) is 0 Å². The topological polar surface area (TPSA) is 58.5 Å². The molecule has 0 saturated carbocycles. The molecule has 0 fully saturated rings. The summed E-state index contributed by atoms with van der Waals surface area (Å²) in [6, 6.07) is 0. The number of carbonyl (C=O) groups excluding carboxylic acids is 2. The molecular formula is C4H3BrN2O2. The molecule has 48 valence electrons. The van der Waals surface area contributed by atoms with Crippen LogP contribution in [0.15, 0.2) is 4.99 Å². The molecule has 0 saturated heterocycles. The number of halogens is 1. The van der Waals surface area contributed by atoms with Crippen LogP contribution < -0.4 is 5.32 Å². The Morgan fingerprint density at radius 1 is 1.56 bits per heavy atom. The quantitative estimate of drug-likeness (QED) is 0.521. The highest BCUT2D eigenvalue weighted by Crippen LogP contribution is 1.94. The van der Waals surface area contributed by atoms with Gasteiger partial charge in [0.1, 0.15) is 6.54 Å². The molecule has 0 aromatic carbocycles. The van der Waals surface area contributed by atoms with Crippen molar-refractivity contribution in [3.8, 4) is 0 Å². The Morgan fingerprint density at radius 3 is 2.67 bits per heavy atom. The van der Waals surface area contributed by atoms with Crippen molar-refractivity contribution < 1.29 is 9.59 Å². The van der Waals surface area contributed by atoms with Gasteiger partial charge in [0.15, 0.2) is 4.62 Å². The summed E-state index contributed by atoms with van der Waals surface area (Å²) in [6.45, 7) is 0.0341. The standard InChI is InChI=1S/C4H3BrN2O2/c5-3-4(9)7-2(8)1-6-3/h1H2,(H,7,8,9). The van der Waals surface area contributed by atoms with E-state index in [0.717, 1.165) is 0 Å². The van der Waals surface area contributed by atoms with Gasteiger partial charge in [0.2, 0.25) is 5.91 Å². The van der Waals surface area contributed by atoms with Crippen molar-refractivity contribution in [1.82, 2.24) is 5.32 Å². The van der Waals surface area contributed by atoms with Crippen molar-refractivity contribution in [1.29, 1.82) is 0 Å². The number of imide groups is 1. The summed E-state index contributed by atoms with van der Waals surface area (Å²) in [5.74, 6) is -0.825. The maximum Gasteiger partial charge on any atom is 0.283 e.